The number of ether oxygens (including phenoxy) is 1. The van der Waals surface area contributed by atoms with E-state index in [9.17, 15) is 13.2 Å². The molecule has 166 valence electrons. The summed E-state index contributed by atoms with van der Waals surface area (Å²) < 4.78 is 33.9. The van der Waals surface area contributed by atoms with Crippen molar-refractivity contribution in [3.05, 3.63) is 103 Å². The van der Waals surface area contributed by atoms with E-state index in [0.717, 1.165) is 16.3 Å². The molecule has 4 aromatic rings. The number of anilines is 1. The van der Waals surface area contributed by atoms with Crippen LogP contribution in [0.3, 0.4) is 0 Å². The van der Waals surface area contributed by atoms with Gasteiger partial charge in [0, 0.05) is 6.54 Å². The Kier molecular flexibility index (Phi) is 5.48. The van der Waals surface area contributed by atoms with E-state index in [1.54, 1.807) is 54.6 Å². The molecule has 0 aromatic heterocycles. The predicted octanol–water partition coefficient (Wildman–Crippen LogP) is 4.11. The van der Waals surface area contributed by atoms with Crippen LogP contribution in [0.4, 0.5) is 5.69 Å². The van der Waals surface area contributed by atoms with Gasteiger partial charge in [0.25, 0.3) is 15.9 Å². The van der Waals surface area contributed by atoms with Gasteiger partial charge < -0.3 is 10.1 Å². The van der Waals surface area contributed by atoms with Crippen LogP contribution in [0.1, 0.15) is 5.56 Å². The highest BCUT2D eigenvalue weighted by Crippen LogP contribution is 2.36. The first-order valence-electron chi connectivity index (χ1n) is 10.6. The molecule has 1 atom stereocenters. The van der Waals surface area contributed by atoms with Crippen molar-refractivity contribution in [3.8, 4) is 5.75 Å². The first-order chi connectivity index (χ1) is 16.0. The molecule has 1 aliphatic heterocycles. The lowest BCUT2D eigenvalue weighted by Gasteiger charge is -2.34. The number of rotatable bonds is 5. The zero-order valence-corrected chi connectivity index (χ0v) is 18.5. The third kappa shape index (κ3) is 4.15. The molecule has 1 heterocycles. The number of sulfonamides is 1. The molecule has 0 saturated carbocycles. The summed E-state index contributed by atoms with van der Waals surface area (Å²) in [6.45, 7) is 0.203. The second-order valence-electron chi connectivity index (χ2n) is 7.82. The van der Waals surface area contributed by atoms with Gasteiger partial charge in [-0.1, -0.05) is 66.7 Å². The van der Waals surface area contributed by atoms with E-state index < -0.39 is 16.1 Å². The first kappa shape index (κ1) is 21.0. The van der Waals surface area contributed by atoms with E-state index in [2.05, 4.69) is 5.32 Å². The summed E-state index contributed by atoms with van der Waals surface area (Å²) >= 11 is 0. The van der Waals surface area contributed by atoms with E-state index in [-0.39, 0.29) is 17.3 Å². The van der Waals surface area contributed by atoms with Crippen molar-refractivity contribution in [1.29, 1.82) is 0 Å². The number of hydrogen-bond acceptors (Lipinski definition) is 4. The lowest BCUT2D eigenvalue weighted by atomic mass is 10.1. The molecule has 0 bridgehead atoms. The van der Waals surface area contributed by atoms with Crippen LogP contribution in [0.5, 0.6) is 5.75 Å². The second kappa shape index (κ2) is 8.60. The summed E-state index contributed by atoms with van der Waals surface area (Å²) in [4.78, 5) is 13.2. The number of para-hydroxylation sites is 2. The lowest BCUT2D eigenvalue weighted by molar-refractivity contribution is -0.127. The topological polar surface area (TPSA) is 75.7 Å². The van der Waals surface area contributed by atoms with Crippen LogP contribution in [-0.4, -0.2) is 27.0 Å². The second-order valence-corrected chi connectivity index (χ2v) is 9.69. The molecule has 0 spiro atoms. The summed E-state index contributed by atoms with van der Waals surface area (Å²) in [6, 6.07) is 29.1. The van der Waals surface area contributed by atoms with Gasteiger partial charge in [0.2, 0.25) is 0 Å². The highest BCUT2D eigenvalue weighted by Gasteiger charge is 2.37. The Bertz CT molecular complexity index is 1420. The molecule has 0 unspecified atom stereocenters. The molecule has 0 radical (unpaired) electrons. The summed E-state index contributed by atoms with van der Waals surface area (Å²) in [6.07, 6.45) is -0.973. The average molecular weight is 459 g/mol. The maximum atomic E-state index is 13.4. The summed E-state index contributed by atoms with van der Waals surface area (Å²) in [7, 11) is -3.86. The van der Waals surface area contributed by atoms with Gasteiger partial charge in [0.05, 0.1) is 17.1 Å². The number of amides is 1. The molecule has 1 N–H and O–H groups in total. The van der Waals surface area contributed by atoms with Crippen LogP contribution in [0.15, 0.2) is 102 Å². The molecule has 1 aliphatic rings. The molecule has 33 heavy (non-hydrogen) atoms. The highest BCUT2D eigenvalue weighted by atomic mass is 32.2. The third-order valence-electron chi connectivity index (χ3n) is 5.64. The van der Waals surface area contributed by atoms with Crippen LogP contribution >= 0.6 is 0 Å². The van der Waals surface area contributed by atoms with E-state index in [1.807, 2.05) is 42.5 Å². The first-order valence-corrected chi connectivity index (χ1v) is 12.1. The number of nitrogens with zero attached hydrogens (tertiary/aromatic N) is 1. The minimum absolute atomic E-state index is 0.113. The van der Waals surface area contributed by atoms with Crippen molar-refractivity contribution in [2.75, 3.05) is 10.8 Å². The minimum atomic E-state index is -3.86. The smallest absolute Gasteiger partial charge is 0.264 e. The largest absolute Gasteiger partial charge is 0.476 e. The summed E-state index contributed by atoms with van der Waals surface area (Å²) in [5, 5.41) is 5.11. The van der Waals surface area contributed by atoms with Crippen LogP contribution in [0, 0.1) is 0 Å². The fraction of sp³-hybridized carbons (Fsp3) is 0.115. The normalized spacial score (nSPS) is 15.5. The molecule has 4 aromatic carbocycles. The average Bonchev–Trinajstić information content (AvgIpc) is 2.87. The monoisotopic (exact) mass is 458 g/mol. The van der Waals surface area contributed by atoms with Crippen LogP contribution in [-0.2, 0) is 21.4 Å². The number of benzene rings is 4. The SMILES string of the molecule is O=C(NCc1ccc2ccccc2c1)[C@@H]1CN(S(=O)(=O)c2ccccc2)c2ccccc2O1. The number of nitrogens with one attached hydrogen (secondary N) is 1. The minimum Gasteiger partial charge on any atom is -0.476 e. The maximum Gasteiger partial charge on any atom is 0.264 e. The van der Waals surface area contributed by atoms with Crippen molar-refractivity contribution in [2.24, 2.45) is 0 Å². The Balaban J connectivity index is 1.38. The zero-order valence-electron chi connectivity index (χ0n) is 17.7. The maximum absolute atomic E-state index is 13.4. The molecule has 7 heteroatoms. The molecule has 5 rings (SSSR count). The Labute approximate surface area is 192 Å². The standard InChI is InChI=1S/C26H22N2O4S/c29-26(27-17-19-14-15-20-8-4-5-9-21(20)16-19)25-18-28(23-12-6-7-13-24(23)32-25)33(30,31)22-10-2-1-3-11-22/h1-16,25H,17-18H2,(H,27,29)/t25-/m0/s1. The van der Waals surface area contributed by atoms with Crippen molar-refractivity contribution in [3.63, 3.8) is 0 Å². The zero-order chi connectivity index (χ0) is 22.8. The molecule has 0 fully saturated rings. The molecule has 6 nitrogen and oxygen atoms in total. The number of hydrogen-bond donors (Lipinski definition) is 1. The Hall–Kier alpha value is -3.84. The van der Waals surface area contributed by atoms with Gasteiger partial charge in [-0.15, -0.1) is 0 Å². The summed E-state index contributed by atoms with van der Waals surface area (Å²) in [5.74, 6) is -0.0139. The van der Waals surface area contributed by atoms with Crippen LogP contribution in [0.2, 0.25) is 0 Å². The number of carbonyl (C=O) groups excluding carboxylic acids is 1. The van der Waals surface area contributed by atoms with Crippen LogP contribution in [0.25, 0.3) is 10.8 Å². The Morgan fingerprint density at radius 3 is 2.39 bits per heavy atom. The molecular weight excluding hydrogens is 436 g/mol. The quantitative estimate of drug-likeness (QED) is 0.488. The fourth-order valence-corrected chi connectivity index (χ4v) is 5.43. The van der Waals surface area contributed by atoms with Gasteiger partial charge in [0.1, 0.15) is 5.75 Å². The van der Waals surface area contributed by atoms with Gasteiger partial charge in [0.15, 0.2) is 6.10 Å². The van der Waals surface area contributed by atoms with E-state index >= 15 is 0 Å². The van der Waals surface area contributed by atoms with Gasteiger partial charge >= 0.3 is 0 Å². The van der Waals surface area contributed by atoms with Crippen molar-refractivity contribution >= 4 is 32.4 Å². The number of carbonyl (C=O) groups is 1. The van der Waals surface area contributed by atoms with Crippen molar-refractivity contribution in [2.45, 2.75) is 17.5 Å². The fourth-order valence-electron chi connectivity index (χ4n) is 3.94. The molecular formula is C26H22N2O4S. The van der Waals surface area contributed by atoms with E-state index in [4.69, 9.17) is 4.74 Å². The molecule has 0 aliphatic carbocycles. The summed E-state index contributed by atoms with van der Waals surface area (Å²) in [5.41, 5.74) is 1.37. The molecule has 0 saturated heterocycles. The molecule has 1 amide bonds. The van der Waals surface area contributed by atoms with E-state index in [1.165, 1.54) is 4.31 Å². The third-order valence-corrected chi connectivity index (χ3v) is 7.43. The Morgan fingerprint density at radius 1 is 0.879 bits per heavy atom. The predicted molar refractivity (Wildman–Crippen MR) is 128 cm³/mol. The van der Waals surface area contributed by atoms with Crippen molar-refractivity contribution in [1.82, 2.24) is 5.32 Å². The van der Waals surface area contributed by atoms with Gasteiger partial charge in [-0.25, -0.2) is 8.42 Å². The lowest BCUT2D eigenvalue weighted by Crippen LogP contribution is -2.50. The van der Waals surface area contributed by atoms with Gasteiger partial charge in [-0.2, -0.15) is 0 Å². The Morgan fingerprint density at radius 2 is 1.58 bits per heavy atom. The van der Waals surface area contributed by atoms with Crippen molar-refractivity contribution < 1.29 is 17.9 Å². The van der Waals surface area contributed by atoms with Gasteiger partial charge in [-0.05, 0) is 46.7 Å². The van der Waals surface area contributed by atoms with Gasteiger partial charge in [-0.3, -0.25) is 9.10 Å². The number of fused-ring (bicyclic) bond motifs is 2. The van der Waals surface area contributed by atoms with E-state index in [0.29, 0.717) is 18.0 Å². The van der Waals surface area contributed by atoms with Crippen LogP contribution < -0.4 is 14.4 Å². The highest BCUT2D eigenvalue weighted by molar-refractivity contribution is 7.92.